The second kappa shape index (κ2) is 10.8. The molecule has 0 aromatic rings. The van der Waals surface area contributed by atoms with E-state index in [9.17, 15) is 9.59 Å². The van der Waals surface area contributed by atoms with Crippen molar-refractivity contribution in [2.45, 2.75) is 64.8 Å². The van der Waals surface area contributed by atoms with Crippen molar-refractivity contribution in [1.29, 1.82) is 0 Å². The summed E-state index contributed by atoms with van der Waals surface area (Å²) >= 11 is 0. The van der Waals surface area contributed by atoms with Crippen molar-refractivity contribution < 1.29 is 14.7 Å². The maximum Gasteiger partial charge on any atom is 0.303 e. The maximum absolute atomic E-state index is 12.0. The van der Waals surface area contributed by atoms with E-state index in [0.29, 0.717) is 25.9 Å². The van der Waals surface area contributed by atoms with Crippen molar-refractivity contribution in [3.05, 3.63) is 0 Å². The minimum Gasteiger partial charge on any atom is -0.481 e. The quantitative estimate of drug-likeness (QED) is 0.563. The van der Waals surface area contributed by atoms with Gasteiger partial charge in [-0.05, 0) is 39.7 Å². The van der Waals surface area contributed by atoms with Crippen molar-refractivity contribution in [3.63, 3.8) is 0 Å². The van der Waals surface area contributed by atoms with Gasteiger partial charge >= 0.3 is 5.97 Å². The van der Waals surface area contributed by atoms with Gasteiger partial charge in [-0.15, -0.1) is 0 Å². The zero-order chi connectivity index (χ0) is 14.7. The Morgan fingerprint density at radius 1 is 1.05 bits per heavy atom. The predicted octanol–water partition coefficient (Wildman–Crippen LogP) is 2.00. The van der Waals surface area contributed by atoms with Crippen LogP contribution in [0.25, 0.3) is 0 Å². The van der Waals surface area contributed by atoms with Gasteiger partial charge in [-0.2, -0.15) is 0 Å². The van der Waals surface area contributed by atoms with Crippen LogP contribution in [-0.4, -0.2) is 41.0 Å². The molecule has 1 amide bonds. The molecule has 0 aliphatic heterocycles. The van der Waals surface area contributed by atoms with Crippen LogP contribution in [0.2, 0.25) is 0 Å². The highest BCUT2D eigenvalue weighted by atomic mass is 16.4. The average Bonchev–Trinajstić information content (AvgIpc) is 2.33. The molecular formula is C14H28N2O3. The Labute approximate surface area is 116 Å². The normalized spacial score (nSPS) is 10.7. The number of nitrogens with zero attached hydrogens (tertiary/aromatic N) is 1. The van der Waals surface area contributed by atoms with Crippen molar-refractivity contribution >= 4 is 11.9 Å². The van der Waals surface area contributed by atoms with Gasteiger partial charge in [-0.1, -0.05) is 12.8 Å². The summed E-state index contributed by atoms with van der Waals surface area (Å²) in [7, 11) is 0. The lowest BCUT2D eigenvalue weighted by Crippen LogP contribution is -2.37. The standard InChI is InChI=1S/C14H28N2O3/c1-12(2)16(11-7-9-14(18)19)13(17)8-5-3-4-6-10-15/h12H,3-11,15H2,1-2H3,(H,18,19). The van der Waals surface area contributed by atoms with Crippen molar-refractivity contribution in [3.8, 4) is 0 Å². The molecule has 0 fully saturated rings. The van der Waals surface area contributed by atoms with E-state index in [4.69, 9.17) is 10.8 Å². The molecule has 0 radical (unpaired) electrons. The first-order chi connectivity index (χ1) is 8.99. The molecule has 19 heavy (non-hydrogen) atoms. The van der Waals surface area contributed by atoms with Gasteiger partial charge in [0.25, 0.3) is 0 Å². The van der Waals surface area contributed by atoms with Crippen LogP contribution in [0.4, 0.5) is 0 Å². The van der Waals surface area contributed by atoms with Gasteiger partial charge in [-0.25, -0.2) is 0 Å². The summed E-state index contributed by atoms with van der Waals surface area (Å²) in [5, 5.41) is 8.61. The molecule has 0 bridgehead atoms. The summed E-state index contributed by atoms with van der Waals surface area (Å²) in [6.07, 6.45) is 5.20. The molecule has 5 nitrogen and oxygen atoms in total. The van der Waals surface area contributed by atoms with E-state index in [1.165, 1.54) is 0 Å². The Morgan fingerprint density at radius 2 is 1.68 bits per heavy atom. The van der Waals surface area contributed by atoms with Gasteiger partial charge in [0.05, 0.1) is 0 Å². The Hall–Kier alpha value is -1.10. The van der Waals surface area contributed by atoms with Crippen LogP contribution in [0, 0.1) is 0 Å². The molecule has 0 aromatic heterocycles. The fraction of sp³-hybridized carbons (Fsp3) is 0.857. The van der Waals surface area contributed by atoms with E-state index in [-0.39, 0.29) is 18.4 Å². The van der Waals surface area contributed by atoms with E-state index in [0.717, 1.165) is 25.7 Å². The molecule has 112 valence electrons. The number of unbranched alkanes of at least 4 members (excludes halogenated alkanes) is 3. The van der Waals surface area contributed by atoms with Crippen molar-refractivity contribution in [2.24, 2.45) is 5.73 Å². The fourth-order valence-corrected chi connectivity index (χ4v) is 1.99. The van der Waals surface area contributed by atoms with Crippen molar-refractivity contribution in [1.82, 2.24) is 4.90 Å². The van der Waals surface area contributed by atoms with E-state index in [1.807, 2.05) is 13.8 Å². The third kappa shape index (κ3) is 9.47. The van der Waals surface area contributed by atoms with Gasteiger partial charge in [0.1, 0.15) is 0 Å². The number of carboxylic acids is 1. The van der Waals surface area contributed by atoms with Gasteiger partial charge in [0.15, 0.2) is 0 Å². The van der Waals surface area contributed by atoms with Crippen molar-refractivity contribution in [2.75, 3.05) is 13.1 Å². The Morgan fingerprint density at radius 3 is 2.21 bits per heavy atom. The molecule has 0 saturated heterocycles. The van der Waals surface area contributed by atoms with Crippen LogP contribution in [0.3, 0.4) is 0 Å². The number of hydrogen-bond acceptors (Lipinski definition) is 3. The molecule has 0 rings (SSSR count). The summed E-state index contributed by atoms with van der Waals surface area (Å²) in [6.45, 7) is 5.17. The predicted molar refractivity (Wildman–Crippen MR) is 75.9 cm³/mol. The van der Waals surface area contributed by atoms with Crippen LogP contribution in [0.15, 0.2) is 0 Å². The molecule has 0 heterocycles. The van der Waals surface area contributed by atoms with Gasteiger partial charge in [0.2, 0.25) is 5.91 Å². The third-order valence-electron chi connectivity index (χ3n) is 3.08. The monoisotopic (exact) mass is 272 g/mol. The molecule has 0 aromatic carbocycles. The largest absolute Gasteiger partial charge is 0.481 e. The molecule has 0 atom stereocenters. The number of rotatable bonds is 11. The van der Waals surface area contributed by atoms with Gasteiger partial charge in [0, 0.05) is 25.4 Å². The highest BCUT2D eigenvalue weighted by Gasteiger charge is 2.16. The van der Waals surface area contributed by atoms with E-state index < -0.39 is 5.97 Å². The summed E-state index contributed by atoms with van der Waals surface area (Å²) in [5.41, 5.74) is 5.41. The van der Waals surface area contributed by atoms with Crippen LogP contribution < -0.4 is 5.73 Å². The highest BCUT2D eigenvalue weighted by molar-refractivity contribution is 5.76. The molecule has 0 saturated carbocycles. The molecule has 0 unspecified atom stereocenters. The first-order valence-corrected chi connectivity index (χ1v) is 7.20. The van der Waals surface area contributed by atoms with E-state index in [1.54, 1.807) is 4.90 Å². The Kier molecular flexibility index (Phi) is 10.2. The minimum absolute atomic E-state index is 0.118. The number of carbonyl (C=O) groups excluding carboxylic acids is 1. The lowest BCUT2D eigenvalue weighted by molar-refractivity contribution is -0.138. The lowest BCUT2D eigenvalue weighted by atomic mass is 10.1. The maximum atomic E-state index is 12.0. The Balaban J connectivity index is 3.94. The van der Waals surface area contributed by atoms with Crippen LogP contribution >= 0.6 is 0 Å². The van der Waals surface area contributed by atoms with Crippen LogP contribution in [0.5, 0.6) is 0 Å². The zero-order valence-corrected chi connectivity index (χ0v) is 12.2. The zero-order valence-electron chi connectivity index (χ0n) is 12.2. The first kappa shape index (κ1) is 17.9. The number of aliphatic carboxylic acids is 1. The topological polar surface area (TPSA) is 83.6 Å². The summed E-state index contributed by atoms with van der Waals surface area (Å²) < 4.78 is 0. The summed E-state index contributed by atoms with van der Waals surface area (Å²) in [4.78, 5) is 24.3. The number of amides is 1. The molecule has 0 spiro atoms. The summed E-state index contributed by atoms with van der Waals surface area (Å²) in [5.74, 6) is -0.675. The Bertz CT molecular complexity index is 267. The number of carboxylic acid groups (broad SMARTS) is 1. The van der Waals surface area contributed by atoms with Crippen LogP contribution in [0.1, 0.15) is 58.8 Å². The fourth-order valence-electron chi connectivity index (χ4n) is 1.99. The van der Waals surface area contributed by atoms with Crippen LogP contribution in [-0.2, 0) is 9.59 Å². The van der Waals surface area contributed by atoms with Gasteiger partial charge < -0.3 is 15.7 Å². The molecule has 0 aliphatic rings. The summed E-state index contributed by atoms with van der Waals surface area (Å²) in [6, 6.07) is 0.130. The SMILES string of the molecule is CC(C)N(CCCC(=O)O)C(=O)CCCCCCN. The number of carbonyl (C=O) groups is 2. The minimum atomic E-state index is -0.807. The van der Waals surface area contributed by atoms with E-state index in [2.05, 4.69) is 0 Å². The molecule has 5 heteroatoms. The van der Waals surface area contributed by atoms with E-state index >= 15 is 0 Å². The second-order valence-corrected chi connectivity index (χ2v) is 5.13. The molecule has 3 N–H and O–H groups in total. The molecular weight excluding hydrogens is 244 g/mol. The highest BCUT2D eigenvalue weighted by Crippen LogP contribution is 2.09. The smallest absolute Gasteiger partial charge is 0.303 e. The molecule has 0 aliphatic carbocycles. The number of hydrogen-bond donors (Lipinski definition) is 2. The van der Waals surface area contributed by atoms with Gasteiger partial charge in [-0.3, -0.25) is 9.59 Å². The first-order valence-electron chi connectivity index (χ1n) is 7.20. The second-order valence-electron chi connectivity index (χ2n) is 5.13. The average molecular weight is 272 g/mol. The lowest BCUT2D eigenvalue weighted by Gasteiger charge is -2.26. The third-order valence-corrected chi connectivity index (χ3v) is 3.08. The number of nitrogens with two attached hydrogens (primary N) is 1.